The van der Waals surface area contributed by atoms with Crippen LogP contribution in [0.25, 0.3) is 11.1 Å². The summed E-state index contributed by atoms with van der Waals surface area (Å²) in [4.78, 5) is 0. The molecule has 0 bridgehead atoms. The van der Waals surface area contributed by atoms with Gasteiger partial charge in [-0.1, -0.05) is 24.6 Å². The summed E-state index contributed by atoms with van der Waals surface area (Å²) in [5.74, 6) is -0.329. The summed E-state index contributed by atoms with van der Waals surface area (Å²) in [5, 5.41) is 0.414. The van der Waals surface area contributed by atoms with Crippen LogP contribution in [0.2, 0.25) is 5.02 Å². The fraction of sp³-hybridized carbons (Fsp3) is 0.143. The summed E-state index contributed by atoms with van der Waals surface area (Å²) in [6, 6.07) is 10.2. The van der Waals surface area contributed by atoms with Crippen LogP contribution in [0.5, 0.6) is 0 Å². The van der Waals surface area contributed by atoms with E-state index in [1.807, 2.05) is 25.1 Å². The first kappa shape index (κ1) is 11.9. The minimum absolute atomic E-state index is 0.329. The molecule has 3 heteroatoms. The average Bonchev–Trinajstić information content (AvgIpc) is 2.30. The lowest BCUT2D eigenvalue weighted by molar-refractivity contribution is 0.628. The Balaban J connectivity index is 2.53. The van der Waals surface area contributed by atoms with Crippen molar-refractivity contribution in [3.8, 4) is 11.1 Å². The van der Waals surface area contributed by atoms with Gasteiger partial charge in [0, 0.05) is 11.3 Å². The van der Waals surface area contributed by atoms with Crippen LogP contribution >= 0.6 is 11.6 Å². The summed E-state index contributed by atoms with van der Waals surface area (Å²) in [5.41, 5.74) is 9.47. The molecular weight excluding hydrogens is 237 g/mol. The Hall–Kier alpha value is -1.54. The van der Waals surface area contributed by atoms with Gasteiger partial charge in [-0.2, -0.15) is 0 Å². The van der Waals surface area contributed by atoms with Crippen molar-refractivity contribution in [2.75, 3.05) is 5.73 Å². The number of nitrogen functional groups attached to an aromatic ring is 1. The molecule has 17 heavy (non-hydrogen) atoms. The number of anilines is 1. The van der Waals surface area contributed by atoms with Gasteiger partial charge in [0.05, 0.1) is 5.02 Å². The van der Waals surface area contributed by atoms with Crippen molar-refractivity contribution < 1.29 is 4.39 Å². The van der Waals surface area contributed by atoms with E-state index in [1.165, 1.54) is 12.1 Å². The molecule has 88 valence electrons. The normalized spacial score (nSPS) is 10.5. The van der Waals surface area contributed by atoms with Crippen LogP contribution in [0.15, 0.2) is 36.4 Å². The summed E-state index contributed by atoms with van der Waals surface area (Å²) in [6.45, 7) is 2.04. The average molecular weight is 250 g/mol. The molecule has 2 N–H and O–H groups in total. The smallest absolute Gasteiger partial charge is 0.124 e. The van der Waals surface area contributed by atoms with Gasteiger partial charge in [-0.05, 0) is 47.9 Å². The van der Waals surface area contributed by atoms with E-state index in [9.17, 15) is 4.39 Å². The van der Waals surface area contributed by atoms with E-state index in [0.29, 0.717) is 5.02 Å². The Morgan fingerprint density at radius 1 is 1.18 bits per heavy atom. The maximum absolute atomic E-state index is 13.0. The highest BCUT2D eigenvalue weighted by molar-refractivity contribution is 6.33. The fourth-order valence-electron chi connectivity index (χ4n) is 1.80. The lowest BCUT2D eigenvalue weighted by atomic mass is 10.0. The molecule has 0 aliphatic heterocycles. The molecule has 0 radical (unpaired) electrons. The molecule has 0 heterocycles. The molecule has 2 aromatic carbocycles. The highest BCUT2D eigenvalue weighted by Crippen LogP contribution is 2.30. The number of aryl methyl sites for hydroxylation is 1. The van der Waals surface area contributed by atoms with Gasteiger partial charge in [0.25, 0.3) is 0 Å². The van der Waals surface area contributed by atoms with Gasteiger partial charge < -0.3 is 5.73 Å². The maximum Gasteiger partial charge on any atom is 0.124 e. The summed E-state index contributed by atoms with van der Waals surface area (Å²) >= 11 is 6.03. The van der Waals surface area contributed by atoms with E-state index in [1.54, 1.807) is 6.07 Å². The van der Waals surface area contributed by atoms with Crippen LogP contribution in [-0.2, 0) is 6.42 Å². The van der Waals surface area contributed by atoms with Crippen LogP contribution in [-0.4, -0.2) is 0 Å². The molecule has 2 aromatic rings. The van der Waals surface area contributed by atoms with Gasteiger partial charge in [-0.3, -0.25) is 0 Å². The largest absolute Gasteiger partial charge is 0.399 e. The molecule has 0 spiro atoms. The zero-order chi connectivity index (χ0) is 12.4. The first-order valence-electron chi connectivity index (χ1n) is 5.45. The molecule has 0 aliphatic rings. The third-order valence-corrected chi connectivity index (χ3v) is 3.08. The molecule has 0 aromatic heterocycles. The second-order valence-corrected chi connectivity index (χ2v) is 4.30. The van der Waals surface area contributed by atoms with Gasteiger partial charge >= 0.3 is 0 Å². The lowest BCUT2D eigenvalue weighted by Gasteiger charge is -2.08. The van der Waals surface area contributed by atoms with Gasteiger partial charge in [-0.25, -0.2) is 4.39 Å². The number of halogens is 2. The number of hydrogen-bond acceptors (Lipinski definition) is 1. The Morgan fingerprint density at radius 3 is 2.59 bits per heavy atom. The topological polar surface area (TPSA) is 26.0 Å². The van der Waals surface area contributed by atoms with Crippen molar-refractivity contribution in [1.29, 1.82) is 0 Å². The summed E-state index contributed by atoms with van der Waals surface area (Å²) in [7, 11) is 0. The van der Waals surface area contributed by atoms with Crippen LogP contribution in [0.1, 0.15) is 12.5 Å². The predicted molar refractivity (Wildman–Crippen MR) is 70.6 cm³/mol. The van der Waals surface area contributed by atoms with Crippen molar-refractivity contribution in [2.45, 2.75) is 13.3 Å². The molecule has 2 rings (SSSR count). The Kier molecular flexibility index (Phi) is 3.34. The molecule has 1 nitrogen and oxygen atoms in total. The second kappa shape index (κ2) is 4.76. The van der Waals surface area contributed by atoms with E-state index < -0.39 is 0 Å². The van der Waals surface area contributed by atoms with Crippen LogP contribution in [0, 0.1) is 5.82 Å². The zero-order valence-corrected chi connectivity index (χ0v) is 10.3. The molecule has 0 atom stereocenters. The van der Waals surface area contributed by atoms with Gasteiger partial charge in [0.2, 0.25) is 0 Å². The third kappa shape index (κ3) is 2.42. The number of nitrogens with two attached hydrogens (primary N) is 1. The lowest BCUT2D eigenvalue weighted by Crippen LogP contribution is -1.93. The van der Waals surface area contributed by atoms with Gasteiger partial charge in [0.1, 0.15) is 5.82 Å². The molecule has 0 unspecified atom stereocenters. The van der Waals surface area contributed by atoms with Crippen molar-refractivity contribution in [3.05, 3.63) is 52.8 Å². The standard InChI is InChI=1S/C14H13ClFN/c1-2-9-7-10(3-6-14(9)17)12-5-4-11(16)8-13(12)15/h3-8H,2,17H2,1H3. The monoisotopic (exact) mass is 249 g/mol. The maximum atomic E-state index is 13.0. The zero-order valence-electron chi connectivity index (χ0n) is 9.50. The SMILES string of the molecule is CCc1cc(-c2ccc(F)cc2Cl)ccc1N. The van der Waals surface area contributed by atoms with E-state index in [2.05, 4.69) is 0 Å². The minimum Gasteiger partial charge on any atom is -0.399 e. The molecule has 0 saturated carbocycles. The first-order valence-corrected chi connectivity index (χ1v) is 5.83. The number of benzene rings is 2. The van der Waals surface area contributed by atoms with Crippen LogP contribution in [0.4, 0.5) is 10.1 Å². The molecule has 0 fully saturated rings. The highest BCUT2D eigenvalue weighted by Gasteiger charge is 2.06. The molecule has 0 saturated heterocycles. The fourth-order valence-corrected chi connectivity index (χ4v) is 2.08. The first-order chi connectivity index (χ1) is 8.11. The van der Waals surface area contributed by atoms with E-state index >= 15 is 0 Å². The Labute approximate surface area is 105 Å². The van der Waals surface area contributed by atoms with Crippen molar-refractivity contribution in [2.24, 2.45) is 0 Å². The molecular formula is C14H13ClFN. The third-order valence-electron chi connectivity index (χ3n) is 2.77. The van der Waals surface area contributed by atoms with Crippen molar-refractivity contribution in [1.82, 2.24) is 0 Å². The van der Waals surface area contributed by atoms with Gasteiger partial charge in [0.15, 0.2) is 0 Å². The number of rotatable bonds is 2. The number of hydrogen-bond donors (Lipinski definition) is 1. The Bertz CT molecular complexity index is 552. The second-order valence-electron chi connectivity index (χ2n) is 3.89. The van der Waals surface area contributed by atoms with Crippen molar-refractivity contribution in [3.63, 3.8) is 0 Å². The van der Waals surface area contributed by atoms with Crippen molar-refractivity contribution >= 4 is 17.3 Å². The Morgan fingerprint density at radius 2 is 1.94 bits per heavy atom. The van der Waals surface area contributed by atoms with Crippen LogP contribution < -0.4 is 5.73 Å². The summed E-state index contributed by atoms with van der Waals surface area (Å²) in [6.07, 6.45) is 0.860. The minimum atomic E-state index is -0.329. The molecule has 0 amide bonds. The highest BCUT2D eigenvalue weighted by atomic mass is 35.5. The molecule has 0 aliphatic carbocycles. The summed E-state index contributed by atoms with van der Waals surface area (Å²) < 4.78 is 13.0. The van der Waals surface area contributed by atoms with E-state index in [4.69, 9.17) is 17.3 Å². The van der Waals surface area contributed by atoms with E-state index in [-0.39, 0.29) is 5.82 Å². The van der Waals surface area contributed by atoms with Crippen LogP contribution in [0.3, 0.4) is 0 Å². The quantitative estimate of drug-likeness (QED) is 0.790. The van der Waals surface area contributed by atoms with Gasteiger partial charge in [-0.15, -0.1) is 0 Å². The van der Waals surface area contributed by atoms with E-state index in [0.717, 1.165) is 28.8 Å². The predicted octanol–water partition coefficient (Wildman–Crippen LogP) is 4.29.